The molecule has 0 aliphatic rings. The van der Waals surface area contributed by atoms with Crippen molar-refractivity contribution in [2.24, 2.45) is 11.5 Å². The lowest BCUT2D eigenvalue weighted by atomic mass is 10.1. The van der Waals surface area contributed by atoms with Crippen molar-refractivity contribution < 1.29 is 0 Å². The number of rotatable bonds is 6. The summed E-state index contributed by atoms with van der Waals surface area (Å²) in [5.74, 6) is 0.566. The maximum absolute atomic E-state index is 11.9. The van der Waals surface area contributed by atoms with Gasteiger partial charge in [-0.05, 0) is 38.4 Å². The van der Waals surface area contributed by atoms with Crippen LogP contribution in [0.3, 0.4) is 0 Å². The molecule has 1 atom stereocenters. The Morgan fingerprint density at radius 3 is 2.65 bits per heavy atom. The van der Waals surface area contributed by atoms with Crippen molar-refractivity contribution in [3.05, 3.63) is 46.1 Å². The van der Waals surface area contributed by atoms with Crippen LogP contribution in [0, 0.1) is 6.92 Å². The van der Waals surface area contributed by atoms with Crippen LogP contribution in [0.2, 0.25) is 0 Å². The first-order valence-corrected chi connectivity index (χ1v) is 6.83. The molecular formula is C14H21N5O. The molecule has 0 saturated carbocycles. The van der Waals surface area contributed by atoms with Crippen LogP contribution in [0.4, 0.5) is 0 Å². The van der Waals surface area contributed by atoms with Crippen LogP contribution in [0.15, 0.2) is 29.1 Å². The third-order valence-electron chi connectivity index (χ3n) is 3.29. The van der Waals surface area contributed by atoms with E-state index in [0.717, 1.165) is 30.5 Å². The summed E-state index contributed by atoms with van der Waals surface area (Å²) in [6, 6.07) is 7.42. The van der Waals surface area contributed by atoms with Gasteiger partial charge in [0.05, 0.1) is 11.7 Å². The van der Waals surface area contributed by atoms with E-state index in [9.17, 15) is 4.79 Å². The van der Waals surface area contributed by atoms with Crippen molar-refractivity contribution in [2.75, 3.05) is 6.54 Å². The molecule has 0 spiro atoms. The van der Waals surface area contributed by atoms with E-state index in [1.807, 2.05) is 31.2 Å². The highest BCUT2D eigenvalue weighted by molar-refractivity contribution is 5.35. The number of hydrogen-bond donors (Lipinski definition) is 3. The molecule has 20 heavy (non-hydrogen) atoms. The topological polar surface area (TPSA) is 103 Å². The molecule has 1 aromatic carbocycles. The lowest BCUT2D eigenvalue weighted by Crippen LogP contribution is -2.22. The van der Waals surface area contributed by atoms with Gasteiger partial charge in [0.15, 0.2) is 5.82 Å². The summed E-state index contributed by atoms with van der Waals surface area (Å²) in [7, 11) is 0. The Kier molecular flexibility index (Phi) is 4.70. The minimum absolute atomic E-state index is 0.266. The molecular weight excluding hydrogens is 254 g/mol. The second-order valence-electron chi connectivity index (χ2n) is 4.95. The zero-order valence-corrected chi connectivity index (χ0v) is 11.7. The molecule has 1 heterocycles. The van der Waals surface area contributed by atoms with Crippen molar-refractivity contribution >= 4 is 0 Å². The lowest BCUT2D eigenvalue weighted by Gasteiger charge is -2.12. The fraction of sp³-hybridized carbons (Fsp3) is 0.429. The number of H-pyrrole nitrogens is 1. The molecule has 0 bridgehead atoms. The van der Waals surface area contributed by atoms with Gasteiger partial charge >= 0.3 is 5.69 Å². The SMILES string of the molecule is Cc1ccc(-n2c([C@@H](N)CCCCN)n[nH]c2=O)cc1. The van der Waals surface area contributed by atoms with Gasteiger partial charge < -0.3 is 11.5 Å². The highest BCUT2D eigenvalue weighted by atomic mass is 16.1. The summed E-state index contributed by atoms with van der Waals surface area (Å²) >= 11 is 0. The summed E-state index contributed by atoms with van der Waals surface area (Å²) in [5, 5.41) is 6.54. The van der Waals surface area contributed by atoms with Crippen molar-refractivity contribution in [1.82, 2.24) is 14.8 Å². The van der Waals surface area contributed by atoms with Gasteiger partial charge in [-0.3, -0.25) is 0 Å². The Labute approximate surface area is 117 Å². The maximum Gasteiger partial charge on any atom is 0.347 e. The van der Waals surface area contributed by atoms with Crippen LogP contribution in [-0.4, -0.2) is 21.3 Å². The molecule has 2 aromatic rings. The monoisotopic (exact) mass is 275 g/mol. The Bertz CT molecular complexity index is 599. The Morgan fingerprint density at radius 1 is 1.30 bits per heavy atom. The second kappa shape index (κ2) is 6.49. The molecule has 6 nitrogen and oxygen atoms in total. The first-order chi connectivity index (χ1) is 9.63. The third kappa shape index (κ3) is 3.15. The zero-order chi connectivity index (χ0) is 14.5. The van der Waals surface area contributed by atoms with Crippen molar-refractivity contribution in [1.29, 1.82) is 0 Å². The first kappa shape index (κ1) is 14.5. The molecule has 108 valence electrons. The summed E-state index contributed by atoms with van der Waals surface area (Å²) < 4.78 is 1.53. The molecule has 0 unspecified atom stereocenters. The number of unbranched alkanes of at least 4 members (excludes halogenated alkanes) is 1. The molecule has 2 rings (SSSR count). The summed E-state index contributed by atoms with van der Waals surface area (Å²) in [5.41, 5.74) is 13.3. The molecule has 0 fully saturated rings. The van der Waals surface area contributed by atoms with E-state index in [2.05, 4.69) is 10.2 Å². The summed E-state index contributed by atoms with van der Waals surface area (Å²) in [4.78, 5) is 11.9. The summed E-state index contributed by atoms with van der Waals surface area (Å²) in [6.45, 7) is 2.65. The minimum atomic E-state index is -0.276. The summed E-state index contributed by atoms with van der Waals surface area (Å²) in [6.07, 6.45) is 2.60. The normalized spacial score (nSPS) is 12.6. The van der Waals surface area contributed by atoms with Crippen LogP contribution < -0.4 is 17.2 Å². The van der Waals surface area contributed by atoms with Crippen molar-refractivity contribution in [3.8, 4) is 5.69 Å². The molecule has 6 heteroatoms. The van der Waals surface area contributed by atoms with E-state index in [4.69, 9.17) is 11.5 Å². The standard InChI is InChI=1S/C14H21N5O/c1-10-5-7-11(8-6-10)19-13(17-18-14(19)20)12(16)4-2-3-9-15/h5-8,12H,2-4,9,15-16H2,1H3,(H,18,20)/t12-/m0/s1. The Balaban J connectivity index is 2.27. The quantitative estimate of drug-likeness (QED) is 0.684. The van der Waals surface area contributed by atoms with E-state index in [0.29, 0.717) is 12.4 Å². The molecule has 0 saturated heterocycles. The molecule has 0 radical (unpaired) electrons. The number of nitrogens with two attached hydrogens (primary N) is 2. The number of nitrogens with one attached hydrogen (secondary N) is 1. The van der Waals surface area contributed by atoms with E-state index in [1.165, 1.54) is 4.57 Å². The van der Waals surface area contributed by atoms with Crippen LogP contribution >= 0.6 is 0 Å². The van der Waals surface area contributed by atoms with E-state index in [-0.39, 0.29) is 11.7 Å². The van der Waals surface area contributed by atoms with Crippen molar-refractivity contribution in [3.63, 3.8) is 0 Å². The fourth-order valence-electron chi connectivity index (χ4n) is 2.14. The van der Waals surface area contributed by atoms with Gasteiger partial charge in [-0.1, -0.05) is 24.1 Å². The zero-order valence-electron chi connectivity index (χ0n) is 11.7. The number of benzene rings is 1. The molecule has 0 aliphatic carbocycles. The number of nitrogens with zero attached hydrogens (tertiary/aromatic N) is 2. The number of aromatic nitrogens is 3. The van der Waals surface area contributed by atoms with Crippen LogP contribution in [0.1, 0.15) is 36.7 Å². The number of aryl methyl sites for hydroxylation is 1. The average molecular weight is 275 g/mol. The second-order valence-corrected chi connectivity index (χ2v) is 4.95. The fourth-order valence-corrected chi connectivity index (χ4v) is 2.14. The van der Waals surface area contributed by atoms with E-state index < -0.39 is 0 Å². The van der Waals surface area contributed by atoms with Gasteiger partial charge in [0.2, 0.25) is 0 Å². The largest absolute Gasteiger partial charge is 0.347 e. The Morgan fingerprint density at radius 2 is 2.00 bits per heavy atom. The van der Waals surface area contributed by atoms with Crippen LogP contribution in [-0.2, 0) is 0 Å². The Hall–Kier alpha value is -1.92. The van der Waals surface area contributed by atoms with Gasteiger partial charge in [-0.25, -0.2) is 14.5 Å². The maximum atomic E-state index is 11.9. The number of hydrogen-bond acceptors (Lipinski definition) is 4. The van der Waals surface area contributed by atoms with Gasteiger partial charge in [0.25, 0.3) is 0 Å². The first-order valence-electron chi connectivity index (χ1n) is 6.83. The van der Waals surface area contributed by atoms with Gasteiger partial charge in [-0.15, -0.1) is 0 Å². The smallest absolute Gasteiger partial charge is 0.330 e. The lowest BCUT2D eigenvalue weighted by molar-refractivity contribution is 0.557. The average Bonchev–Trinajstić information content (AvgIpc) is 2.82. The number of aromatic amines is 1. The molecule has 5 N–H and O–H groups in total. The minimum Gasteiger partial charge on any atom is -0.330 e. The highest BCUT2D eigenvalue weighted by Crippen LogP contribution is 2.17. The van der Waals surface area contributed by atoms with Crippen LogP contribution in [0.5, 0.6) is 0 Å². The van der Waals surface area contributed by atoms with E-state index in [1.54, 1.807) is 0 Å². The van der Waals surface area contributed by atoms with Crippen LogP contribution in [0.25, 0.3) is 5.69 Å². The van der Waals surface area contributed by atoms with Gasteiger partial charge in [0, 0.05) is 0 Å². The van der Waals surface area contributed by atoms with E-state index >= 15 is 0 Å². The van der Waals surface area contributed by atoms with Gasteiger partial charge in [-0.2, -0.15) is 5.10 Å². The molecule has 0 aliphatic heterocycles. The molecule has 1 aromatic heterocycles. The predicted molar refractivity (Wildman–Crippen MR) is 78.8 cm³/mol. The third-order valence-corrected chi connectivity index (χ3v) is 3.29. The highest BCUT2D eigenvalue weighted by Gasteiger charge is 2.16. The van der Waals surface area contributed by atoms with Crippen molar-refractivity contribution in [2.45, 2.75) is 32.2 Å². The molecule has 0 amide bonds. The predicted octanol–water partition coefficient (Wildman–Crippen LogP) is 0.998. The van der Waals surface area contributed by atoms with Gasteiger partial charge in [0.1, 0.15) is 0 Å².